The second kappa shape index (κ2) is 7.95. The van der Waals surface area contributed by atoms with Crippen LogP contribution >= 0.6 is 0 Å². The summed E-state index contributed by atoms with van der Waals surface area (Å²) < 4.78 is 26.9. The molecule has 148 valence electrons. The van der Waals surface area contributed by atoms with Crippen LogP contribution in [0.5, 0.6) is 0 Å². The highest BCUT2D eigenvalue weighted by atomic mass is 19.1. The second-order valence-electron chi connectivity index (χ2n) is 8.15. The molecule has 0 radical (unpaired) electrons. The number of hydrogen-bond donors (Lipinski definition) is 0. The number of likely N-dealkylation sites (tertiary alicyclic amines) is 1. The van der Waals surface area contributed by atoms with Crippen molar-refractivity contribution in [3.05, 3.63) is 35.4 Å². The minimum Gasteiger partial charge on any atom is -0.339 e. The Morgan fingerprint density at radius 2 is 1.70 bits per heavy atom. The molecular formula is C21H28F2N2O2. The van der Waals surface area contributed by atoms with Crippen molar-refractivity contribution in [1.82, 2.24) is 9.80 Å². The number of halogens is 2. The topological polar surface area (TPSA) is 40.6 Å². The summed E-state index contributed by atoms with van der Waals surface area (Å²) in [6, 6.07) is 3.57. The first-order chi connectivity index (χ1) is 12.8. The van der Waals surface area contributed by atoms with Crippen molar-refractivity contribution >= 4 is 11.8 Å². The van der Waals surface area contributed by atoms with Gasteiger partial charge in [0.25, 0.3) is 5.91 Å². The maximum atomic E-state index is 13.9. The van der Waals surface area contributed by atoms with Crippen molar-refractivity contribution in [1.29, 1.82) is 0 Å². The minimum atomic E-state index is -0.844. The van der Waals surface area contributed by atoms with Crippen LogP contribution in [-0.4, -0.2) is 46.8 Å². The van der Waals surface area contributed by atoms with Gasteiger partial charge < -0.3 is 9.80 Å². The Kier molecular flexibility index (Phi) is 5.82. The van der Waals surface area contributed by atoms with Crippen molar-refractivity contribution < 1.29 is 18.4 Å². The largest absolute Gasteiger partial charge is 0.339 e. The van der Waals surface area contributed by atoms with Gasteiger partial charge in [0.15, 0.2) is 0 Å². The number of benzene rings is 1. The van der Waals surface area contributed by atoms with Crippen LogP contribution in [0.25, 0.3) is 0 Å². The van der Waals surface area contributed by atoms with E-state index in [1.165, 1.54) is 6.07 Å². The van der Waals surface area contributed by atoms with Crippen LogP contribution in [0.4, 0.5) is 8.78 Å². The number of nitrogens with zero attached hydrogens (tertiary/aromatic N) is 2. The quantitative estimate of drug-likeness (QED) is 0.781. The van der Waals surface area contributed by atoms with Crippen molar-refractivity contribution in [2.45, 2.75) is 58.5 Å². The second-order valence-corrected chi connectivity index (χ2v) is 8.15. The van der Waals surface area contributed by atoms with Gasteiger partial charge in [0, 0.05) is 37.2 Å². The van der Waals surface area contributed by atoms with E-state index in [2.05, 4.69) is 25.7 Å². The van der Waals surface area contributed by atoms with E-state index in [-0.39, 0.29) is 23.4 Å². The van der Waals surface area contributed by atoms with Crippen molar-refractivity contribution in [3.63, 3.8) is 0 Å². The summed E-state index contributed by atoms with van der Waals surface area (Å²) >= 11 is 0. The summed E-state index contributed by atoms with van der Waals surface area (Å²) in [6.07, 6.45) is 3.32. The molecule has 4 nitrogen and oxygen atoms in total. The molecule has 2 fully saturated rings. The molecule has 1 aliphatic carbocycles. The first-order valence-electron chi connectivity index (χ1n) is 9.86. The zero-order valence-corrected chi connectivity index (χ0v) is 16.3. The van der Waals surface area contributed by atoms with Gasteiger partial charge in [-0.2, -0.15) is 0 Å². The number of piperidine rings is 1. The molecule has 1 unspecified atom stereocenters. The standard InChI is InChI=1S/C21H28F2N2O2/c1-13(2)14(3)25(17-5-6-17)20(26)15-8-10-24(11-9-15)21(27)18-7-4-16(22)12-19(18)23/h4,7,12-15,17H,5-6,8-11H2,1-3H3. The Balaban J connectivity index is 1.62. The Hall–Kier alpha value is -1.98. The van der Waals surface area contributed by atoms with Gasteiger partial charge in [-0.15, -0.1) is 0 Å². The van der Waals surface area contributed by atoms with Gasteiger partial charge in [-0.3, -0.25) is 9.59 Å². The summed E-state index contributed by atoms with van der Waals surface area (Å²) in [4.78, 5) is 29.2. The molecule has 6 heteroatoms. The maximum Gasteiger partial charge on any atom is 0.256 e. The van der Waals surface area contributed by atoms with E-state index in [0.717, 1.165) is 25.0 Å². The maximum absolute atomic E-state index is 13.9. The van der Waals surface area contributed by atoms with E-state index in [0.29, 0.717) is 37.9 Å². The predicted molar refractivity (Wildman–Crippen MR) is 99.2 cm³/mol. The lowest BCUT2D eigenvalue weighted by Crippen LogP contribution is -2.49. The van der Waals surface area contributed by atoms with E-state index < -0.39 is 17.5 Å². The summed E-state index contributed by atoms with van der Waals surface area (Å²) in [5.41, 5.74) is -0.116. The Bertz CT molecular complexity index is 710. The summed E-state index contributed by atoms with van der Waals surface area (Å²) in [7, 11) is 0. The van der Waals surface area contributed by atoms with Crippen LogP contribution in [0, 0.1) is 23.5 Å². The van der Waals surface area contributed by atoms with Gasteiger partial charge in [0.1, 0.15) is 11.6 Å². The molecule has 2 amide bonds. The number of hydrogen-bond acceptors (Lipinski definition) is 2. The van der Waals surface area contributed by atoms with E-state index >= 15 is 0 Å². The molecule has 27 heavy (non-hydrogen) atoms. The summed E-state index contributed by atoms with van der Waals surface area (Å²) in [6.45, 7) is 7.20. The molecule has 0 spiro atoms. The fourth-order valence-electron chi connectivity index (χ4n) is 3.76. The third kappa shape index (κ3) is 4.30. The third-order valence-electron chi connectivity index (χ3n) is 5.89. The number of rotatable bonds is 5. The van der Waals surface area contributed by atoms with E-state index in [9.17, 15) is 18.4 Å². The smallest absolute Gasteiger partial charge is 0.256 e. The lowest BCUT2D eigenvalue weighted by atomic mass is 9.93. The Labute approximate surface area is 159 Å². The van der Waals surface area contributed by atoms with Crippen LogP contribution in [0.3, 0.4) is 0 Å². The molecule has 1 heterocycles. The normalized spacial score (nSPS) is 19.3. The van der Waals surface area contributed by atoms with Crippen molar-refractivity contribution in [3.8, 4) is 0 Å². The van der Waals surface area contributed by atoms with Crippen LogP contribution in [0.2, 0.25) is 0 Å². The molecule has 1 saturated carbocycles. The fourth-order valence-corrected chi connectivity index (χ4v) is 3.76. The van der Waals surface area contributed by atoms with Crippen LogP contribution in [-0.2, 0) is 4.79 Å². The first kappa shape index (κ1) is 19.8. The Morgan fingerprint density at radius 3 is 2.22 bits per heavy atom. The summed E-state index contributed by atoms with van der Waals surface area (Å²) in [5, 5.41) is 0. The molecule has 1 saturated heterocycles. The van der Waals surface area contributed by atoms with Gasteiger partial charge in [-0.1, -0.05) is 13.8 Å². The van der Waals surface area contributed by atoms with Gasteiger partial charge in [0.05, 0.1) is 5.56 Å². The van der Waals surface area contributed by atoms with E-state index in [1.807, 2.05) is 0 Å². The van der Waals surface area contributed by atoms with Crippen LogP contribution in [0.15, 0.2) is 18.2 Å². The molecule has 1 aliphatic heterocycles. The average Bonchev–Trinajstić information content (AvgIpc) is 3.46. The molecule has 2 aliphatic rings. The van der Waals surface area contributed by atoms with Crippen LogP contribution < -0.4 is 0 Å². The van der Waals surface area contributed by atoms with Crippen LogP contribution in [0.1, 0.15) is 56.8 Å². The van der Waals surface area contributed by atoms with Gasteiger partial charge >= 0.3 is 0 Å². The van der Waals surface area contributed by atoms with Crippen molar-refractivity contribution in [2.75, 3.05) is 13.1 Å². The minimum absolute atomic E-state index is 0.0890. The Morgan fingerprint density at radius 1 is 1.07 bits per heavy atom. The molecular weight excluding hydrogens is 350 g/mol. The lowest BCUT2D eigenvalue weighted by Gasteiger charge is -2.38. The molecule has 1 aromatic rings. The lowest BCUT2D eigenvalue weighted by molar-refractivity contribution is -0.140. The number of carbonyl (C=O) groups is 2. The van der Waals surface area contributed by atoms with Gasteiger partial charge in [-0.25, -0.2) is 8.78 Å². The molecule has 3 rings (SSSR count). The first-order valence-corrected chi connectivity index (χ1v) is 9.86. The third-order valence-corrected chi connectivity index (χ3v) is 5.89. The SMILES string of the molecule is CC(C)C(C)N(C(=O)C1CCN(C(=O)c2ccc(F)cc2F)CC1)C1CC1. The predicted octanol–water partition coefficient (Wildman–Crippen LogP) is 3.85. The highest BCUT2D eigenvalue weighted by Crippen LogP contribution is 2.34. The molecule has 1 aromatic carbocycles. The van der Waals surface area contributed by atoms with Gasteiger partial charge in [-0.05, 0) is 50.7 Å². The number of amides is 2. The zero-order valence-electron chi connectivity index (χ0n) is 16.3. The summed E-state index contributed by atoms with van der Waals surface area (Å²) in [5.74, 6) is -1.48. The molecule has 0 bridgehead atoms. The number of carbonyl (C=O) groups excluding carboxylic acids is 2. The average molecular weight is 378 g/mol. The van der Waals surface area contributed by atoms with Crippen molar-refractivity contribution in [2.24, 2.45) is 11.8 Å². The monoisotopic (exact) mass is 378 g/mol. The molecule has 0 N–H and O–H groups in total. The fraction of sp³-hybridized carbons (Fsp3) is 0.619. The highest BCUT2D eigenvalue weighted by Gasteiger charge is 2.40. The molecule has 0 aromatic heterocycles. The van der Waals surface area contributed by atoms with Gasteiger partial charge in [0.2, 0.25) is 5.91 Å². The zero-order chi connectivity index (χ0) is 19.7. The van der Waals surface area contributed by atoms with E-state index in [4.69, 9.17) is 0 Å². The highest BCUT2D eigenvalue weighted by molar-refractivity contribution is 5.94. The molecule has 1 atom stereocenters. The van der Waals surface area contributed by atoms with E-state index in [1.54, 1.807) is 4.90 Å².